The molecule has 0 atom stereocenters. The molecule has 0 saturated carbocycles. The van der Waals surface area contributed by atoms with E-state index >= 15 is 0 Å². The maximum Gasteiger partial charge on any atom is 0.152 e. The quantitative estimate of drug-likeness (QED) is 0.688. The van der Waals surface area contributed by atoms with E-state index < -0.39 is 0 Å². The predicted molar refractivity (Wildman–Crippen MR) is 73.3 cm³/mol. The number of benzene rings is 2. The van der Waals surface area contributed by atoms with Crippen LogP contribution in [0.2, 0.25) is 5.02 Å². The largest absolute Gasteiger partial charge is 0.453 e. The number of fused-ring (bicyclic) bond motifs is 2. The molecule has 2 aromatic carbocycles. The SMILES string of the molecule is Clc1cccc2c1N1CCCc3cccc(c31)O2. The van der Waals surface area contributed by atoms with E-state index in [-0.39, 0.29) is 0 Å². The number of anilines is 2. The van der Waals surface area contributed by atoms with Crippen molar-refractivity contribution in [1.29, 1.82) is 0 Å². The molecule has 2 heterocycles. The maximum atomic E-state index is 6.34. The molecule has 90 valence electrons. The van der Waals surface area contributed by atoms with Crippen LogP contribution in [0.1, 0.15) is 12.0 Å². The molecule has 2 nitrogen and oxygen atoms in total. The van der Waals surface area contributed by atoms with Gasteiger partial charge in [0.2, 0.25) is 0 Å². The van der Waals surface area contributed by atoms with Gasteiger partial charge in [-0.05, 0) is 36.6 Å². The van der Waals surface area contributed by atoms with E-state index in [9.17, 15) is 0 Å². The van der Waals surface area contributed by atoms with Gasteiger partial charge in [0.05, 0.1) is 10.7 Å². The maximum absolute atomic E-state index is 6.34. The average molecular weight is 258 g/mol. The molecule has 2 aromatic rings. The third kappa shape index (κ3) is 1.30. The summed E-state index contributed by atoms with van der Waals surface area (Å²) in [5, 5.41) is 0.759. The number of rotatable bonds is 0. The zero-order valence-corrected chi connectivity index (χ0v) is 10.6. The average Bonchev–Trinajstić information content (AvgIpc) is 2.39. The molecule has 18 heavy (non-hydrogen) atoms. The first-order chi connectivity index (χ1) is 8.84. The van der Waals surface area contributed by atoms with Crippen molar-refractivity contribution in [1.82, 2.24) is 0 Å². The fourth-order valence-corrected chi connectivity index (χ4v) is 3.15. The van der Waals surface area contributed by atoms with Crippen molar-refractivity contribution in [2.75, 3.05) is 11.4 Å². The zero-order valence-electron chi connectivity index (χ0n) is 9.82. The molecule has 0 spiro atoms. The first-order valence-corrected chi connectivity index (χ1v) is 6.58. The van der Waals surface area contributed by atoms with Crippen molar-refractivity contribution in [3.63, 3.8) is 0 Å². The number of hydrogen-bond acceptors (Lipinski definition) is 2. The second-order valence-electron chi connectivity index (χ2n) is 4.71. The van der Waals surface area contributed by atoms with Gasteiger partial charge in [-0.15, -0.1) is 0 Å². The molecule has 4 rings (SSSR count). The van der Waals surface area contributed by atoms with Crippen LogP contribution in [0.5, 0.6) is 11.5 Å². The molecule has 0 N–H and O–H groups in total. The van der Waals surface area contributed by atoms with Crippen LogP contribution in [0, 0.1) is 0 Å². The lowest BCUT2D eigenvalue weighted by atomic mass is 9.99. The highest BCUT2D eigenvalue weighted by Gasteiger charge is 2.30. The molecule has 0 bridgehead atoms. The lowest BCUT2D eigenvalue weighted by Gasteiger charge is -2.37. The number of nitrogens with zero attached hydrogens (tertiary/aromatic N) is 1. The van der Waals surface area contributed by atoms with Crippen LogP contribution in [0.15, 0.2) is 36.4 Å². The summed E-state index contributed by atoms with van der Waals surface area (Å²) in [6, 6.07) is 12.1. The topological polar surface area (TPSA) is 12.5 Å². The Kier molecular flexibility index (Phi) is 2.09. The lowest BCUT2D eigenvalue weighted by molar-refractivity contribution is 0.469. The smallest absolute Gasteiger partial charge is 0.152 e. The van der Waals surface area contributed by atoms with Gasteiger partial charge < -0.3 is 9.64 Å². The fraction of sp³-hybridized carbons (Fsp3) is 0.200. The summed E-state index contributed by atoms with van der Waals surface area (Å²) >= 11 is 6.34. The first-order valence-electron chi connectivity index (χ1n) is 6.20. The van der Waals surface area contributed by atoms with Gasteiger partial charge in [0.15, 0.2) is 11.5 Å². The highest BCUT2D eigenvalue weighted by molar-refractivity contribution is 6.34. The molecule has 0 saturated heterocycles. The normalized spacial score (nSPS) is 15.7. The van der Waals surface area contributed by atoms with Gasteiger partial charge in [0.1, 0.15) is 5.69 Å². The highest BCUT2D eigenvalue weighted by Crippen LogP contribution is 2.52. The van der Waals surface area contributed by atoms with E-state index in [1.807, 2.05) is 24.3 Å². The Morgan fingerprint density at radius 1 is 1.00 bits per heavy atom. The monoisotopic (exact) mass is 257 g/mol. The number of ether oxygens (including phenoxy) is 1. The fourth-order valence-electron chi connectivity index (χ4n) is 2.88. The summed E-state index contributed by atoms with van der Waals surface area (Å²) in [6.45, 7) is 1.00. The number of halogens is 1. The van der Waals surface area contributed by atoms with Crippen molar-refractivity contribution in [2.45, 2.75) is 12.8 Å². The third-order valence-corrected chi connectivity index (χ3v) is 3.92. The first kappa shape index (κ1) is 10.3. The Balaban J connectivity index is 2.01. The van der Waals surface area contributed by atoms with Crippen molar-refractivity contribution in [3.8, 4) is 11.5 Å². The standard InChI is InChI=1S/C15H12ClNO/c16-11-6-2-8-13-15(11)17-9-3-5-10-4-1-7-12(18-13)14(10)17/h1-2,4,6-8H,3,5,9H2. The van der Waals surface area contributed by atoms with Gasteiger partial charge in [-0.2, -0.15) is 0 Å². The second kappa shape index (κ2) is 3.66. The number of para-hydroxylation sites is 2. The Morgan fingerprint density at radius 3 is 2.67 bits per heavy atom. The van der Waals surface area contributed by atoms with Gasteiger partial charge in [-0.25, -0.2) is 0 Å². The van der Waals surface area contributed by atoms with Crippen LogP contribution in [-0.4, -0.2) is 6.54 Å². The van der Waals surface area contributed by atoms with E-state index in [0.717, 1.165) is 41.6 Å². The van der Waals surface area contributed by atoms with Crippen LogP contribution in [0.3, 0.4) is 0 Å². The molecular formula is C15H12ClNO. The summed E-state index contributed by atoms with van der Waals surface area (Å²) in [7, 11) is 0. The van der Waals surface area contributed by atoms with Gasteiger partial charge in [0, 0.05) is 6.54 Å². The summed E-state index contributed by atoms with van der Waals surface area (Å²) in [4.78, 5) is 2.30. The Hall–Kier alpha value is -1.67. The summed E-state index contributed by atoms with van der Waals surface area (Å²) in [6.07, 6.45) is 2.27. The Labute approximate surface area is 111 Å². The van der Waals surface area contributed by atoms with Gasteiger partial charge >= 0.3 is 0 Å². The molecule has 2 aliphatic rings. The zero-order chi connectivity index (χ0) is 12.1. The lowest BCUT2D eigenvalue weighted by Crippen LogP contribution is -2.27. The van der Waals surface area contributed by atoms with Crippen LogP contribution < -0.4 is 9.64 Å². The molecule has 0 unspecified atom stereocenters. The summed E-state index contributed by atoms with van der Waals surface area (Å²) in [5.74, 6) is 1.80. The molecule has 0 amide bonds. The van der Waals surface area contributed by atoms with Crippen molar-refractivity contribution in [3.05, 3.63) is 47.0 Å². The van der Waals surface area contributed by atoms with Gasteiger partial charge in [0.25, 0.3) is 0 Å². The minimum atomic E-state index is 0.759. The highest BCUT2D eigenvalue weighted by atomic mass is 35.5. The van der Waals surface area contributed by atoms with E-state index in [2.05, 4.69) is 17.0 Å². The predicted octanol–water partition coefficient (Wildman–Crippen LogP) is 4.53. The van der Waals surface area contributed by atoms with E-state index in [0.29, 0.717) is 0 Å². The third-order valence-electron chi connectivity index (χ3n) is 3.62. The van der Waals surface area contributed by atoms with Crippen molar-refractivity contribution >= 4 is 23.0 Å². The number of aryl methyl sites for hydroxylation is 1. The minimum Gasteiger partial charge on any atom is -0.453 e. The molecular weight excluding hydrogens is 246 g/mol. The summed E-state index contributed by atoms with van der Waals surface area (Å²) in [5.41, 5.74) is 3.56. The van der Waals surface area contributed by atoms with E-state index in [4.69, 9.17) is 16.3 Å². The van der Waals surface area contributed by atoms with Gasteiger partial charge in [-0.3, -0.25) is 0 Å². The Morgan fingerprint density at radius 2 is 1.78 bits per heavy atom. The molecule has 0 radical (unpaired) electrons. The summed E-state index contributed by atoms with van der Waals surface area (Å²) < 4.78 is 5.98. The van der Waals surface area contributed by atoms with E-state index in [1.54, 1.807) is 0 Å². The van der Waals surface area contributed by atoms with Crippen LogP contribution in [0.4, 0.5) is 11.4 Å². The molecule has 2 aliphatic heterocycles. The molecule has 0 aliphatic carbocycles. The van der Waals surface area contributed by atoms with Crippen molar-refractivity contribution < 1.29 is 4.74 Å². The van der Waals surface area contributed by atoms with Crippen LogP contribution >= 0.6 is 11.6 Å². The van der Waals surface area contributed by atoms with Crippen LogP contribution in [-0.2, 0) is 6.42 Å². The van der Waals surface area contributed by atoms with Crippen LogP contribution in [0.25, 0.3) is 0 Å². The Bertz CT molecular complexity index is 638. The second-order valence-corrected chi connectivity index (χ2v) is 5.11. The van der Waals surface area contributed by atoms with Crippen molar-refractivity contribution in [2.24, 2.45) is 0 Å². The van der Waals surface area contributed by atoms with Gasteiger partial charge in [-0.1, -0.05) is 29.8 Å². The van der Waals surface area contributed by atoms with E-state index in [1.165, 1.54) is 11.3 Å². The molecule has 0 aromatic heterocycles. The number of hydrogen-bond donors (Lipinski definition) is 0. The molecule has 0 fully saturated rings. The minimum absolute atomic E-state index is 0.759. The molecule has 3 heteroatoms.